The molecule has 0 bridgehead atoms. The van der Waals surface area contributed by atoms with Gasteiger partial charge in [-0.05, 0) is 24.8 Å². The number of likely N-dealkylation sites (tertiary alicyclic amines) is 1. The number of aliphatic hydroxyl groups is 1. The quantitative estimate of drug-likeness (QED) is 0.421. The van der Waals surface area contributed by atoms with Crippen LogP contribution in [0.15, 0.2) is 59.7 Å². The molecule has 1 amide bonds. The number of hydrogen-bond donors (Lipinski definition) is 2. The summed E-state index contributed by atoms with van der Waals surface area (Å²) in [5, 5.41) is 11.2. The van der Waals surface area contributed by atoms with Crippen molar-refractivity contribution in [3.8, 4) is 11.6 Å². The van der Waals surface area contributed by atoms with Gasteiger partial charge in [0.15, 0.2) is 5.69 Å². The van der Waals surface area contributed by atoms with Crippen molar-refractivity contribution in [2.45, 2.75) is 56.1 Å². The van der Waals surface area contributed by atoms with Crippen molar-refractivity contribution in [3.05, 3.63) is 82.4 Å². The second-order valence-electron chi connectivity index (χ2n) is 10.9. The summed E-state index contributed by atoms with van der Waals surface area (Å²) in [5.74, 6) is -6.57. The molecule has 1 aliphatic heterocycles. The van der Waals surface area contributed by atoms with Crippen molar-refractivity contribution in [2.24, 2.45) is 5.92 Å². The van der Waals surface area contributed by atoms with Crippen molar-refractivity contribution in [1.82, 2.24) is 14.5 Å². The Morgan fingerprint density at radius 2 is 1.73 bits per heavy atom. The molecule has 41 heavy (non-hydrogen) atoms. The maximum Gasteiger partial charge on any atom is 0.280 e. The molecule has 2 atom stereocenters. The Balaban J connectivity index is 1.25. The van der Waals surface area contributed by atoms with Gasteiger partial charge >= 0.3 is 0 Å². The summed E-state index contributed by atoms with van der Waals surface area (Å²) >= 11 is 0. The van der Waals surface area contributed by atoms with E-state index < -0.39 is 52.7 Å². The first kappa shape index (κ1) is 28.6. The number of nitrogens with two attached hydrogens (primary N) is 1. The fraction of sp³-hybridized carbons (Fsp3) is 0.414. The predicted molar refractivity (Wildman–Crippen MR) is 142 cm³/mol. The first-order valence-electron chi connectivity index (χ1n) is 13.4. The van der Waals surface area contributed by atoms with Gasteiger partial charge in [0.2, 0.25) is 17.7 Å². The summed E-state index contributed by atoms with van der Waals surface area (Å²) in [7, 11) is 0. The summed E-state index contributed by atoms with van der Waals surface area (Å²) in [5.41, 5.74) is 4.11. The predicted octanol–water partition coefficient (Wildman–Crippen LogP) is 4.47. The van der Waals surface area contributed by atoms with Crippen LogP contribution in [0.3, 0.4) is 0 Å². The van der Waals surface area contributed by atoms with E-state index in [2.05, 4.69) is 4.98 Å². The third-order valence-corrected chi connectivity index (χ3v) is 7.93. The third kappa shape index (κ3) is 6.37. The van der Waals surface area contributed by atoms with Gasteiger partial charge in [0.1, 0.15) is 23.7 Å². The zero-order valence-corrected chi connectivity index (χ0v) is 22.1. The minimum atomic E-state index is -2.84. The smallest absolute Gasteiger partial charge is 0.280 e. The second kappa shape index (κ2) is 11.2. The number of anilines is 1. The Labute approximate surface area is 233 Å². The molecule has 2 aromatic carbocycles. The fourth-order valence-corrected chi connectivity index (χ4v) is 5.72. The van der Waals surface area contributed by atoms with Crippen molar-refractivity contribution in [2.75, 3.05) is 18.8 Å². The lowest BCUT2D eigenvalue weighted by atomic mass is 9.73. The molecular formula is C29H30F4N4O4. The van der Waals surface area contributed by atoms with Crippen LogP contribution in [0.4, 0.5) is 23.2 Å². The summed E-state index contributed by atoms with van der Waals surface area (Å²) in [6, 6.07) is 11.4. The van der Waals surface area contributed by atoms with Gasteiger partial charge in [0.25, 0.3) is 5.56 Å². The molecule has 1 saturated heterocycles. The van der Waals surface area contributed by atoms with E-state index in [4.69, 9.17) is 10.5 Å². The second-order valence-corrected chi connectivity index (χ2v) is 10.9. The number of hydrogen-bond acceptors (Lipinski definition) is 6. The van der Waals surface area contributed by atoms with Crippen molar-refractivity contribution in [1.29, 1.82) is 0 Å². The number of benzene rings is 2. The molecule has 0 unspecified atom stereocenters. The number of aromatic nitrogens is 2. The van der Waals surface area contributed by atoms with Gasteiger partial charge in [0.05, 0.1) is 12.1 Å². The van der Waals surface area contributed by atoms with Gasteiger partial charge in [-0.2, -0.15) is 0 Å². The van der Waals surface area contributed by atoms with Crippen LogP contribution in [-0.4, -0.2) is 50.1 Å². The van der Waals surface area contributed by atoms with Gasteiger partial charge in [-0.25, -0.2) is 22.5 Å². The summed E-state index contributed by atoms with van der Waals surface area (Å²) in [6.07, 6.45) is 0.733. The number of nitrogen functional groups attached to an aromatic ring is 1. The molecule has 5 rings (SSSR count). The Bertz CT molecular complexity index is 1460. The lowest BCUT2D eigenvalue weighted by Crippen LogP contribution is -2.52. The number of halogens is 4. The molecule has 8 nitrogen and oxygen atoms in total. The maximum atomic E-state index is 14.3. The number of amides is 1. The highest BCUT2D eigenvalue weighted by molar-refractivity contribution is 5.80. The zero-order valence-electron chi connectivity index (χ0n) is 22.1. The Hall–Kier alpha value is -3.93. The number of piperidine rings is 1. The molecule has 3 aromatic rings. The zero-order chi connectivity index (χ0) is 29.4. The van der Waals surface area contributed by atoms with E-state index in [0.717, 1.165) is 23.0 Å². The number of ether oxygens (including phenoxy) is 1. The number of nitrogens with zero attached hydrogens (tertiary/aromatic N) is 3. The van der Waals surface area contributed by atoms with Crippen molar-refractivity contribution < 1.29 is 32.2 Å². The molecular weight excluding hydrogens is 544 g/mol. The van der Waals surface area contributed by atoms with Gasteiger partial charge in [-0.1, -0.05) is 30.3 Å². The minimum Gasteiger partial charge on any atom is -0.437 e. The summed E-state index contributed by atoms with van der Waals surface area (Å²) < 4.78 is 62.0. The molecule has 3 N–H and O–H groups in total. The van der Waals surface area contributed by atoms with E-state index in [0.29, 0.717) is 11.6 Å². The molecule has 2 aliphatic rings. The van der Waals surface area contributed by atoms with Crippen molar-refractivity contribution >= 4 is 11.6 Å². The van der Waals surface area contributed by atoms with Crippen LogP contribution in [0.2, 0.25) is 0 Å². The number of carbonyl (C=O) groups excluding carboxylic acids is 1. The van der Waals surface area contributed by atoms with E-state index in [1.165, 1.54) is 0 Å². The highest BCUT2D eigenvalue weighted by Crippen LogP contribution is 2.46. The molecule has 218 valence electrons. The minimum absolute atomic E-state index is 0.0726. The number of rotatable bonds is 6. The number of alkyl halides is 2. The molecule has 1 aromatic heterocycles. The average molecular weight is 575 g/mol. The van der Waals surface area contributed by atoms with E-state index in [1.54, 1.807) is 35.2 Å². The van der Waals surface area contributed by atoms with Crippen LogP contribution >= 0.6 is 0 Å². The lowest BCUT2D eigenvalue weighted by Gasteiger charge is -2.42. The van der Waals surface area contributed by atoms with Crippen molar-refractivity contribution in [3.63, 3.8) is 0 Å². The van der Waals surface area contributed by atoms with Gasteiger partial charge in [-0.3, -0.25) is 14.2 Å². The SMILES string of the molecule is Nc1c(Oc2cc(F)cc(F)c2)ncn(CC2(O)CCN(C(=O)[C@@H]3CCC(F)(F)C[C@H]3c3ccccc3)CC2)c1=O. The molecule has 1 saturated carbocycles. The normalized spacial score (nSPS) is 21.8. The number of carbonyl (C=O) groups is 1. The standard InChI is InChI=1S/C29H30F4N4O4/c30-19-12-20(31)14-21(13-19)41-25-24(34)27(39)37(17-35-25)16-28(40)8-10-36(11-9-28)26(38)22-6-7-29(32,33)15-23(22)18-4-2-1-3-5-18/h1-5,12-14,17,22-23,40H,6-11,15-16,34H2/t22-,23+/m1/s1. The monoisotopic (exact) mass is 574 g/mol. The van der Waals surface area contributed by atoms with Crippen LogP contribution in [-0.2, 0) is 11.3 Å². The highest BCUT2D eigenvalue weighted by Gasteiger charge is 2.46. The van der Waals surface area contributed by atoms with Crippen LogP contribution in [0, 0.1) is 17.6 Å². The average Bonchev–Trinajstić information content (AvgIpc) is 2.92. The molecule has 12 heteroatoms. The third-order valence-electron chi connectivity index (χ3n) is 7.93. The highest BCUT2D eigenvalue weighted by atomic mass is 19.3. The lowest BCUT2D eigenvalue weighted by molar-refractivity contribution is -0.145. The van der Waals surface area contributed by atoms with Gasteiger partial charge < -0.3 is 20.5 Å². The first-order valence-corrected chi connectivity index (χ1v) is 13.4. The van der Waals surface area contributed by atoms with Crippen LogP contribution in [0.5, 0.6) is 11.6 Å². The van der Waals surface area contributed by atoms with Gasteiger partial charge in [-0.15, -0.1) is 0 Å². The summed E-state index contributed by atoms with van der Waals surface area (Å²) in [6.45, 7) is 0.212. The van der Waals surface area contributed by atoms with E-state index >= 15 is 0 Å². The molecule has 1 aliphatic carbocycles. The molecule has 2 heterocycles. The first-order chi connectivity index (χ1) is 19.4. The Kier molecular flexibility index (Phi) is 7.78. The Morgan fingerprint density at radius 1 is 1.07 bits per heavy atom. The van der Waals surface area contributed by atoms with E-state index in [9.17, 15) is 32.3 Å². The largest absolute Gasteiger partial charge is 0.437 e. The van der Waals surface area contributed by atoms with Crippen LogP contribution in [0.25, 0.3) is 0 Å². The van der Waals surface area contributed by atoms with Crippen LogP contribution < -0.4 is 16.0 Å². The Morgan fingerprint density at radius 3 is 2.39 bits per heavy atom. The van der Waals surface area contributed by atoms with E-state index in [-0.39, 0.29) is 62.9 Å². The maximum absolute atomic E-state index is 14.3. The molecule has 2 fully saturated rings. The molecule has 0 spiro atoms. The molecule has 0 radical (unpaired) electrons. The summed E-state index contributed by atoms with van der Waals surface area (Å²) in [4.78, 5) is 31.9. The topological polar surface area (TPSA) is 111 Å². The fourth-order valence-electron chi connectivity index (χ4n) is 5.72. The van der Waals surface area contributed by atoms with E-state index in [1.807, 2.05) is 0 Å². The van der Waals surface area contributed by atoms with Crippen LogP contribution in [0.1, 0.15) is 43.6 Å². The van der Waals surface area contributed by atoms with Gasteiger partial charge in [0, 0.05) is 56.0 Å².